The number of rotatable bonds is 0. The molecule has 0 N–H and O–H groups in total. The number of fused-ring (bicyclic) bond motifs is 1. The summed E-state index contributed by atoms with van der Waals surface area (Å²) in [6, 6.07) is 9.59. The molecule has 2 aromatic rings. The van der Waals surface area contributed by atoms with E-state index in [1.165, 1.54) is 30.3 Å². The van der Waals surface area contributed by atoms with Gasteiger partial charge >= 0.3 is 0 Å². The van der Waals surface area contributed by atoms with E-state index in [1.54, 1.807) is 0 Å². The summed E-state index contributed by atoms with van der Waals surface area (Å²) in [5.41, 5.74) is 0. The summed E-state index contributed by atoms with van der Waals surface area (Å²) in [6.07, 6.45) is 0. The van der Waals surface area contributed by atoms with Crippen LogP contribution in [-0.4, -0.2) is 0 Å². The fourth-order valence-electron chi connectivity index (χ4n) is 1.16. The minimum Gasteiger partial charge on any atom is -0.206 e. The molecule has 0 atom stereocenters. The number of halogens is 2. The molecule has 0 amide bonds. The Kier molecular flexibility index (Phi) is 1.54. The van der Waals surface area contributed by atoms with E-state index in [0.29, 0.717) is 0 Å². The highest BCUT2D eigenvalue weighted by Crippen LogP contribution is 2.19. The zero-order chi connectivity index (χ0) is 8.55. The SMILES string of the molecule is Fc1cccc2c(F)cc[c]c12. The van der Waals surface area contributed by atoms with Gasteiger partial charge in [0.1, 0.15) is 11.6 Å². The molecule has 0 heterocycles. The van der Waals surface area contributed by atoms with Gasteiger partial charge in [0.25, 0.3) is 0 Å². The van der Waals surface area contributed by atoms with Gasteiger partial charge in [-0.2, -0.15) is 0 Å². The molecule has 0 spiro atoms. The highest BCUT2D eigenvalue weighted by atomic mass is 19.1. The molecule has 0 aliphatic heterocycles. The van der Waals surface area contributed by atoms with Crippen molar-refractivity contribution in [2.45, 2.75) is 0 Å². The van der Waals surface area contributed by atoms with Crippen molar-refractivity contribution in [1.29, 1.82) is 0 Å². The molecule has 2 aromatic carbocycles. The third kappa shape index (κ3) is 0.961. The van der Waals surface area contributed by atoms with Gasteiger partial charge in [-0.15, -0.1) is 0 Å². The Bertz CT molecular complexity index is 380. The normalized spacial score (nSPS) is 10.5. The molecular weight excluding hydrogens is 158 g/mol. The highest BCUT2D eigenvalue weighted by Gasteiger charge is 2.02. The van der Waals surface area contributed by atoms with E-state index < -0.39 is 11.6 Å². The molecule has 0 aliphatic carbocycles. The predicted octanol–water partition coefficient (Wildman–Crippen LogP) is 2.92. The minimum absolute atomic E-state index is 0.206. The van der Waals surface area contributed by atoms with Crippen LogP contribution in [0.5, 0.6) is 0 Å². The van der Waals surface area contributed by atoms with E-state index in [0.717, 1.165) is 0 Å². The van der Waals surface area contributed by atoms with Gasteiger partial charge in [-0.25, -0.2) is 8.78 Å². The maximum Gasteiger partial charge on any atom is 0.131 e. The van der Waals surface area contributed by atoms with Crippen molar-refractivity contribution in [3.05, 3.63) is 48.0 Å². The standard InChI is InChI=1S/C10H5F2/c11-9-5-1-3-7-8(9)4-2-6-10(7)12/h1-3,5-6H. The van der Waals surface area contributed by atoms with E-state index in [9.17, 15) is 8.78 Å². The molecule has 0 saturated heterocycles. The molecular formula is C10H5F2. The molecule has 12 heavy (non-hydrogen) atoms. The number of hydrogen-bond donors (Lipinski definition) is 0. The van der Waals surface area contributed by atoms with E-state index in [4.69, 9.17) is 0 Å². The fourth-order valence-corrected chi connectivity index (χ4v) is 1.16. The lowest BCUT2D eigenvalue weighted by Crippen LogP contribution is -1.82. The molecule has 0 unspecified atom stereocenters. The summed E-state index contributed by atoms with van der Waals surface area (Å²) in [5.74, 6) is -0.852. The molecule has 0 nitrogen and oxygen atoms in total. The maximum absolute atomic E-state index is 13.0. The molecule has 0 bridgehead atoms. The lowest BCUT2D eigenvalue weighted by Gasteiger charge is -1.98. The van der Waals surface area contributed by atoms with Crippen LogP contribution in [0.2, 0.25) is 0 Å². The van der Waals surface area contributed by atoms with Crippen molar-refractivity contribution in [2.75, 3.05) is 0 Å². The van der Waals surface area contributed by atoms with Crippen molar-refractivity contribution in [3.63, 3.8) is 0 Å². The van der Waals surface area contributed by atoms with Crippen LogP contribution in [0.3, 0.4) is 0 Å². The molecule has 2 rings (SSSR count). The molecule has 2 heteroatoms. The molecule has 0 aliphatic rings. The third-order valence-electron chi connectivity index (χ3n) is 1.73. The van der Waals surface area contributed by atoms with E-state index in [-0.39, 0.29) is 10.8 Å². The van der Waals surface area contributed by atoms with Gasteiger partial charge in [0, 0.05) is 10.8 Å². The first-order chi connectivity index (χ1) is 5.79. The van der Waals surface area contributed by atoms with Crippen LogP contribution >= 0.6 is 0 Å². The Morgan fingerprint density at radius 3 is 2.58 bits per heavy atom. The van der Waals surface area contributed by atoms with E-state index in [1.807, 2.05) is 0 Å². The zero-order valence-electron chi connectivity index (χ0n) is 6.14. The van der Waals surface area contributed by atoms with Gasteiger partial charge in [-0.1, -0.05) is 18.2 Å². The Balaban J connectivity index is 2.94. The number of hydrogen-bond acceptors (Lipinski definition) is 0. The van der Waals surface area contributed by atoms with Crippen molar-refractivity contribution in [3.8, 4) is 0 Å². The fraction of sp³-hybridized carbons (Fsp3) is 0. The summed E-state index contributed by atoms with van der Waals surface area (Å²) < 4.78 is 25.9. The second kappa shape index (κ2) is 2.55. The summed E-state index contributed by atoms with van der Waals surface area (Å²) >= 11 is 0. The van der Waals surface area contributed by atoms with E-state index >= 15 is 0 Å². The summed E-state index contributed by atoms with van der Waals surface area (Å²) in [4.78, 5) is 0. The number of benzene rings is 2. The van der Waals surface area contributed by atoms with Crippen molar-refractivity contribution in [1.82, 2.24) is 0 Å². The smallest absolute Gasteiger partial charge is 0.131 e. The van der Waals surface area contributed by atoms with Gasteiger partial charge in [0.05, 0.1) is 0 Å². The van der Waals surface area contributed by atoms with Crippen LogP contribution in [0.25, 0.3) is 10.8 Å². The van der Waals surface area contributed by atoms with Crippen molar-refractivity contribution < 1.29 is 8.78 Å². The van der Waals surface area contributed by atoms with Gasteiger partial charge in [-0.05, 0) is 18.2 Å². The van der Waals surface area contributed by atoms with Crippen LogP contribution in [0, 0.1) is 17.7 Å². The quantitative estimate of drug-likeness (QED) is 0.560. The van der Waals surface area contributed by atoms with Crippen LogP contribution in [-0.2, 0) is 0 Å². The summed E-state index contributed by atoms with van der Waals surface area (Å²) in [7, 11) is 0. The molecule has 59 valence electrons. The lowest BCUT2D eigenvalue weighted by molar-refractivity contribution is 0.628. The van der Waals surface area contributed by atoms with Gasteiger partial charge < -0.3 is 0 Å². The molecule has 0 fully saturated rings. The Morgan fingerprint density at radius 1 is 1.00 bits per heavy atom. The first-order valence-electron chi connectivity index (χ1n) is 3.53. The Labute approximate surface area is 68.4 Å². The first kappa shape index (κ1) is 7.22. The molecule has 0 aromatic heterocycles. The second-order valence-corrected chi connectivity index (χ2v) is 2.49. The Hall–Kier alpha value is -1.44. The summed E-state index contributed by atoms with van der Waals surface area (Å²) in [5, 5.41) is 0.481. The van der Waals surface area contributed by atoms with Gasteiger partial charge in [-0.3, -0.25) is 0 Å². The van der Waals surface area contributed by atoms with Crippen molar-refractivity contribution >= 4 is 10.8 Å². The van der Waals surface area contributed by atoms with Crippen LogP contribution in [0.15, 0.2) is 30.3 Å². The minimum atomic E-state index is -0.438. The average molecular weight is 163 g/mol. The topological polar surface area (TPSA) is 0 Å². The average Bonchev–Trinajstić information content (AvgIpc) is 2.07. The molecule has 0 saturated carbocycles. The maximum atomic E-state index is 13.0. The van der Waals surface area contributed by atoms with Crippen LogP contribution in [0.4, 0.5) is 8.78 Å². The highest BCUT2D eigenvalue weighted by molar-refractivity contribution is 5.82. The monoisotopic (exact) mass is 163 g/mol. The second-order valence-electron chi connectivity index (χ2n) is 2.49. The predicted molar refractivity (Wildman–Crippen MR) is 42.7 cm³/mol. The molecule has 1 radical (unpaired) electrons. The van der Waals surface area contributed by atoms with Crippen molar-refractivity contribution in [2.24, 2.45) is 0 Å². The van der Waals surface area contributed by atoms with Gasteiger partial charge in [0.15, 0.2) is 0 Å². The van der Waals surface area contributed by atoms with Crippen LogP contribution < -0.4 is 0 Å². The van der Waals surface area contributed by atoms with Crippen LogP contribution in [0.1, 0.15) is 0 Å². The third-order valence-corrected chi connectivity index (χ3v) is 1.73. The zero-order valence-corrected chi connectivity index (χ0v) is 6.14. The summed E-state index contributed by atoms with van der Waals surface area (Å²) in [6.45, 7) is 0. The van der Waals surface area contributed by atoms with E-state index in [2.05, 4.69) is 6.07 Å². The largest absolute Gasteiger partial charge is 0.206 e. The lowest BCUT2D eigenvalue weighted by atomic mass is 10.1. The first-order valence-corrected chi connectivity index (χ1v) is 3.53. The van der Waals surface area contributed by atoms with Gasteiger partial charge in [0.2, 0.25) is 0 Å². The Morgan fingerprint density at radius 2 is 1.83 bits per heavy atom.